The number of aliphatic hydroxyl groups excluding tert-OH is 1. The molecule has 0 saturated heterocycles. The Balaban J connectivity index is 2.48. The Hall–Kier alpha value is -1.58. The monoisotopic (exact) mass is 263 g/mol. The summed E-state index contributed by atoms with van der Waals surface area (Å²) in [7, 11) is 1.57. The zero-order valence-electron chi connectivity index (χ0n) is 10.2. The Bertz CT molecular complexity index is 557. The van der Waals surface area contributed by atoms with Crippen molar-refractivity contribution in [2.75, 3.05) is 7.11 Å². The van der Waals surface area contributed by atoms with Crippen molar-refractivity contribution in [3.8, 4) is 5.75 Å². The van der Waals surface area contributed by atoms with Crippen LogP contribution in [0.2, 0.25) is 5.02 Å². The molecule has 2 aromatic rings. The van der Waals surface area contributed by atoms with Gasteiger partial charge in [0.25, 0.3) is 0 Å². The molecule has 0 saturated carbocycles. The minimum atomic E-state index is -0.799. The fourth-order valence-corrected chi connectivity index (χ4v) is 2.03. The summed E-state index contributed by atoms with van der Waals surface area (Å²) < 4.78 is 5.24. The van der Waals surface area contributed by atoms with Crippen molar-refractivity contribution in [3.05, 3.63) is 58.4 Å². The van der Waals surface area contributed by atoms with Gasteiger partial charge in [-0.2, -0.15) is 0 Å². The molecule has 0 aliphatic carbocycles. The smallest absolute Gasteiger partial charge is 0.125 e. The van der Waals surface area contributed by atoms with Gasteiger partial charge in [0.15, 0.2) is 0 Å². The van der Waals surface area contributed by atoms with Gasteiger partial charge < -0.3 is 9.84 Å². The molecular formula is C14H14ClNO2. The number of methoxy groups -OCH3 is 1. The molecule has 1 unspecified atom stereocenters. The van der Waals surface area contributed by atoms with E-state index in [9.17, 15) is 5.11 Å². The number of hydrogen-bond acceptors (Lipinski definition) is 3. The zero-order chi connectivity index (χ0) is 13.1. The van der Waals surface area contributed by atoms with Crippen molar-refractivity contribution < 1.29 is 9.84 Å². The lowest BCUT2D eigenvalue weighted by atomic mass is 9.99. The molecule has 18 heavy (non-hydrogen) atoms. The van der Waals surface area contributed by atoms with Crippen LogP contribution in [0.25, 0.3) is 0 Å². The molecule has 2 rings (SSSR count). The maximum atomic E-state index is 10.4. The van der Waals surface area contributed by atoms with Crippen LogP contribution in [0.3, 0.4) is 0 Å². The van der Waals surface area contributed by atoms with Gasteiger partial charge in [-0.3, -0.25) is 4.98 Å². The predicted molar refractivity (Wildman–Crippen MR) is 71.0 cm³/mol. The van der Waals surface area contributed by atoms with E-state index in [-0.39, 0.29) is 0 Å². The summed E-state index contributed by atoms with van der Waals surface area (Å²) >= 11 is 5.96. The SMILES string of the molecule is COc1ccc(Cl)cc1C(O)c1cnccc1C. The van der Waals surface area contributed by atoms with Gasteiger partial charge in [0.1, 0.15) is 11.9 Å². The molecule has 1 aromatic carbocycles. The standard InChI is InChI=1S/C14H14ClNO2/c1-9-5-6-16-8-12(9)14(17)11-7-10(15)3-4-13(11)18-2/h3-8,14,17H,1-2H3. The first-order valence-electron chi connectivity index (χ1n) is 5.55. The average molecular weight is 264 g/mol. The number of benzene rings is 1. The van der Waals surface area contributed by atoms with Gasteiger partial charge in [-0.25, -0.2) is 0 Å². The first-order chi connectivity index (χ1) is 8.63. The number of rotatable bonds is 3. The fourth-order valence-electron chi connectivity index (χ4n) is 1.85. The molecule has 0 fully saturated rings. The van der Waals surface area contributed by atoms with Crippen LogP contribution in [-0.2, 0) is 0 Å². The maximum absolute atomic E-state index is 10.4. The number of halogens is 1. The Morgan fingerprint density at radius 3 is 2.72 bits per heavy atom. The van der Waals surface area contributed by atoms with E-state index in [1.54, 1.807) is 37.7 Å². The number of ether oxygens (including phenoxy) is 1. The highest BCUT2D eigenvalue weighted by molar-refractivity contribution is 6.30. The zero-order valence-corrected chi connectivity index (χ0v) is 11.0. The third kappa shape index (κ3) is 2.47. The largest absolute Gasteiger partial charge is 0.496 e. The molecule has 0 spiro atoms. The summed E-state index contributed by atoms with van der Waals surface area (Å²) in [5.41, 5.74) is 2.36. The molecular weight excluding hydrogens is 250 g/mol. The van der Waals surface area contributed by atoms with E-state index in [2.05, 4.69) is 4.98 Å². The van der Waals surface area contributed by atoms with Gasteiger partial charge in [0.05, 0.1) is 7.11 Å². The van der Waals surface area contributed by atoms with Crippen molar-refractivity contribution in [2.45, 2.75) is 13.0 Å². The molecule has 0 bridgehead atoms. The van der Waals surface area contributed by atoms with Crippen LogP contribution in [0.15, 0.2) is 36.7 Å². The van der Waals surface area contributed by atoms with E-state index in [0.717, 1.165) is 11.1 Å². The third-order valence-corrected chi connectivity index (χ3v) is 3.10. The highest BCUT2D eigenvalue weighted by Gasteiger charge is 2.17. The van der Waals surface area contributed by atoms with E-state index in [4.69, 9.17) is 16.3 Å². The molecule has 3 nitrogen and oxygen atoms in total. The van der Waals surface area contributed by atoms with Gasteiger partial charge in [0.2, 0.25) is 0 Å². The van der Waals surface area contributed by atoms with Crippen LogP contribution < -0.4 is 4.74 Å². The van der Waals surface area contributed by atoms with Gasteiger partial charge >= 0.3 is 0 Å². The normalized spacial score (nSPS) is 12.2. The molecule has 1 atom stereocenters. The Labute approximate surface area is 111 Å². The molecule has 0 radical (unpaired) electrons. The van der Waals surface area contributed by atoms with Gasteiger partial charge in [-0.1, -0.05) is 11.6 Å². The summed E-state index contributed by atoms with van der Waals surface area (Å²) in [6, 6.07) is 7.03. The minimum absolute atomic E-state index is 0.561. The highest BCUT2D eigenvalue weighted by atomic mass is 35.5. The Morgan fingerprint density at radius 2 is 2.06 bits per heavy atom. The molecule has 0 amide bonds. The van der Waals surface area contributed by atoms with Crippen molar-refractivity contribution >= 4 is 11.6 Å². The van der Waals surface area contributed by atoms with Crippen LogP contribution in [0.1, 0.15) is 22.8 Å². The molecule has 1 N–H and O–H groups in total. The number of hydrogen-bond donors (Lipinski definition) is 1. The number of aromatic nitrogens is 1. The van der Waals surface area contributed by atoms with Crippen LogP contribution in [0.5, 0.6) is 5.75 Å². The third-order valence-electron chi connectivity index (χ3n) is 2.86. The summed E-state index contributed by atoms with van der Waals surface area (Å²) in [5, 5.41) is 11.0. The van der Waals surface area contributed by atoms with E-state index in [1.807, 2.05) is 13.0 Å². The topological polar surface area (TPSA) is 42.4 Å². The van der Waals surface area contributed by atoms with Gasteiger partial charge in [0, 0.05) is 28.5 Å². The first kappa shape index (κ1) is 12.9. The molecule has 0 aliphatic heterocycles. The predicted octanol–water partition coefficient (Wildman–Crippen LogP) is 3.13. The average Bonchev–Trinajstić information content (AvgIpc) is 2.38. The van der Waals surface area contributed by atoms with E-state index in [1.165, 1.54) is 0 Å². The number of pyridine rings is 1. The van der Waals surface area contributed by atoms with Crippen LogP contribution in [0.4, 0.5) is 0 Å². The molecule has 1 heterocycles. The summed E-state index contributed by atoms with van der Waals surface area (Å²) in [4.78, 5) is 4.04. The van der Waals surface area contributed by atoms with E-state index >= 15 is 0 Å². The van der Waals surface area contributed by atoms with Crippen molar-refractivity contribution in [2.24, 2.45) is 0 Å². The number of aliphatic hydroxyl groups is 1. The summed E-state index contributed by atoms with van der Waals surface area (Å²) in [5.74, 6) is 0.607. The second kappa shape index (κ2) is 5.38. The lowest BCUT2D eigenvalue weighted by Crippen LogP contribution is -2.04. The molecule has 94 valence electrons. The molecule has 1 aromatic heterocycles. The number of aryl methyl sites for hydroxylation is 1. The lowest BCUT2D eigenvalue weighted by Gasteiger charge is -2.16. The van der Waals surface area contributed by atoms with Gasteiger partial charge in [-0.05, 0) is 36.8 Å². The fraction of sp³-hybridized carbons (Fsp3) is 0.214. The highest BCUT2D eigenvalue weighted by Crippen LogP contribution is 2.32. The van der Waals surface area contributed by atoms with Crippen molar-refractivity contribution in [1.82, 2.24) is 4.98 Å². The van der Waals surface area contributed by atoms with Crippen LogP contribution in [-0.4, -0.2) is 17.2 Å². The minimum Gasteiger partial charge on any atom is -0.496 e. The second-order valence-electron chi connectivity index (χ2n) is 4.02. The van der Waals surface area contributed by atoms with E-state index in [0.29, 0.717) is 16.3 Å². The first-order valence-corrected chi connectivity index (χ1v) is 5.93. The summed E-state index contributed by atoms with van der Waals surface area (Å²) in [6.07, 6.45) is 2.55. The van der Waals surface area contributed by atoms with E-state index < -0.39 is 6.10 Å². The molecule has 0 aliphatic rings. The lowest BCUT2D eigenvalue weighted by molar-refractivity contribution is 0.213. The summed E-state index contributed by atoms with van der Waals surface area (Å²) in [6.45, 7) is 1.93. The maximum Gasteiger partial charge on any atom is 0.125 e. The van der Waals surface area contributed by atoms with Gasteiger partial charge in [-0.15, -0.1) is 0 Å². The van der Waals surface area contributed by atoms with Crippen LogP contribution >= 0.6 is 11.6 Å². The van der Waals surface area contributed by atoms with Crippen LogP contribution in [0, 0.1) is 6.92 Å². The second-order valence-corrected chi connectivity index (χ2v) is 4.46. The number of nitrogens with zero attached hydrogens (tertiary/aromatic N) is 1. The van der Waals surface area contributed by atoms with Crippen molar-refractivity contribution in [3.63, 3.8) is 0 Å². The Kier molecular flexibility index (Phi) is 3.84. The van der Waals surface area contributed by atoms with Crippen molar-refractivity contribution in [1.29, 1.82) is 0 Å². The Morgan fingerprint density at radius 1 is 1.28 bits per heavy atom. The molecule has 4 heteroatoms. The quantitative estimate of drug-likeness (QED) is 0.925.